The third-order valence-corrected chi connectivity index (χ3v) is 4.05. The van der Waals surface area contributed by atoms with Crippen molar-refractivity contribution in [2.45, 2.75) is 58.6 Å². The maximum absolute atomic E-state index is 9.29. The second-order valence-corrected chi connectivity index (χ2v) is 6.73. The highest BCUT2D eigenvalue weighted by atomic mass is 16.3. The van der Waals surface area contributed by atoms with Crippen LogP contribution in [0, 0.1) is 11.3 Å². The van der Waals surface area contributed by atoms with Gasteiger partial charge in [0.15, 0.2) is 0 Å². The normalized spacial score (nSPS) is 30.5. The van der Waals surface area contributed by atoms with Gasteiger partial charge in [-0.15, -0.1) is 0 Å². The van der Waals surface area contributed by atoms with Crippen LogP contribution in [0.4, 0.5) is 0 Å². The quantitative estimate of drug-likeness (QED) is 0.773. The van der Waals surface area contributed by atoms with E-state index >= 15 is 0 Å². The van der Waals surface area contributed by atoms with Crippen LogP contribution in [-0.4, -0.2) is 42.3 Å². The van der Waals surface area contributed by atoms with Gasteiger partial charge < -0.3 is 15.7 Å². The van der Waals surface area contributed by atoms with Crippen molar-refractivity contribution in [3.8, 4) is 0 Å². The summed E-state index contributed by atoms with van der Waals surface area (Å²) in [6.45, 7) is 8.57. The molecule has 3 nitrogen and oxygen atoms in total. The zero-order valence-electron chi connectivity index (χ0n) is 11.9. The molecule has 0 aliphatic heterocycles. The first-order chi connectivity index (χ1) is 7.80. The number of rotatable bonds is 5. The predicted molar refractivity (Wildman–Crippen MR) is 72.9 cm³/mol. The van der Waals surface area contributed by atoms with Gasteiger partial charge in [0.1, 0.15) is 0 Å². The van der Waals surface area contributed by atoms with Crippen LogP contribution in [0.2, 0.25) is 0 Å². The Morgan fingerprint density at radius 1 is 1.47 bits per heavy atom. The molecular formula is C14H30N2O. The molecule has 0 heterocycles. The smallest absolute Gasteiger partial charge is 0.0524 e. The molecule has 0 amide bonds. The van der Waals surface area contributed by atoms with Gasteiger partial charge in [0.05, 0.1) is 6.10 Å². The van der Waals surface area contributed by atoms with Crippen LogP contribution >= 0.6 is 0 Å². The van der Waals surface area contributed by atoms with Gasteiger partial charge in [-0.25, -0.2) is 0 Å². The van der Waals surface area contributed by atoms with E-state index in [0.717, 1.165) is 25.9 Å². The molecular weight excluding hydrogens is 212 g/mol. The molecule has 17 heavy (non-hydrogen) atoms. The molecule has 1 rings (SSSR count). The van der Waals surface area contributed by atoms with Crippen molar-refractivity contribution in [2.24, 2.45) is 17.1 Å². The summed E-state index contributed by atoms with van der Waals surface area (Å²) in [5.74, 6) is 0.609. The molecule has 0 radical (unpaired) electrons. The van der Waals surface area contributed by atoms with E-state index in [2.05, 4.69) is 25.8 Å². The minimum absolute atomic E-state index is 0.200. The van der Waals surface area contributed by atoms with Crippen molar-refractivity contribution in [3.05, 3.63) is 0 Å². The van der Waals surface area contributed by atoms with Crippen LogP contribution in [0.3, 0.4) is 0 Å². The zero-order chi connectivity index (χ0) is 13.1. The Bertz CT molecular complexity index is 228. The SMILES string of the molecule is CC(O)CCN(C)CC1CC(C)(C)CCC1N. The first-order valence-electron chi connectivity index (χ1n) is 6.92. The van der Waals surface area contributed by atoms with Crippen LogP contribution in [0.5, 0.6) is 0 Å². The van der Waals surface area contributed by atoms with Gasteiger partial charge in [0, 0.05) is 19.1 Å². The summed E-state index contributed by atoms with van der Waals surface area (Å²) in [5.41, 5.74) is 6.68. The van der Waals surface area contributed by atoms with Gasteiger partial charge in [-0.05, 0) is 51.0 Å². The fourth-order valence-electron chi connectivity index (χ4n) is 2.86. The molecule has 3 heteroatoms. The minimum Gasteiger partial charge on any atom is -0.393 e. The lowest BCUT2D eigenvalue weighted by atomic mass is 9.70. The van der Waals surface area contributed by atoms with E-state index < -0.39 is 0 Å². The monoisotopic (exact) mass is 242 g/mol. The van der Waals surface area contributed by atoms with Crippen molar-refractivity contribution in [2.75, 3.05) is 20.1 Å². The van der Waals surface area contributed by atoms with Gasteiger partial charge >= 0.3 is 0 Å². The molecule has 1 aliphatic carbocycles. The summed E-state index contributed by atoms with van der Waals surface area (Å²) in [6.07, 6.45) is 4.29. The van der Waals surface area contributed by atoms with E-state index in [-0.39, 0.29) is 6.10 Å². The molecule has 0 aromatic heterocycles. The molecule has 0 aromatic rings. The third kappa shape index (κ3) is 5.36. The standard InChI is InChI=1S/C14H30N2O/c1-11(17)6-8-16(4)10-12-9-14(2,3)7-5-13(12)15/h11-13,17H,5-10,15H2,1-4H3. The van der Waals surface area contributed by atoms with Crippen LogP contribution < -0.4 is 5.73 Å². The van der Waals surface area contributed by atoms with E-state index in [1.165, 1.54) is 12.8 Å². The second kappa shape index (κ2) is 6.17. The van der Waals surface area contributed by atoms with E-state index in [1.54, 1.807) is 0 Å². The largest absolute Gasteiger partial charge is 0.393 e. The van der Waals surface area contributed by atoms with Gasteiger partial charge in [-0.1, -0.05) is 13.8 Å². The lowest BCUT2D eigenvalue weighted by Crippen LogP contribution is -2.44. The fourth-order valence-corrected chi connectivity index (χ4v) is 2.86. The van der Waals surface area contributed by atoms with Crippen molar-refractivity contribution >= 4 is 0 Å². The average Bonchev–Trinajstić information content (AvgIpc) is 2.20. The van der Waals surface area contributed by atoms with Crippen LogP contribution in [-0.2, 0) is 0 Å². The topological polar surface area (TPSA) is 49.5 Å². The number of aliphatic hydroxyl groups excluding tert-OH is 1. The number of nitrogens with zero attached hydrogens (tertiary/aromatic N) is 1. The molecule has 3 N–H and O–H groups in total. The van der Waals surface area contributed by atoms with Gasteiger partial charge in [0.2, 0.25) is 0 Å². The Kier molecular flexibility index (Phi) is 5.42. The first-order valence-corrected chi connectivity index (χ1v) is 6.92. The zero-order valence-corrected chi connectivity index (χ0v) is 11.9. The molecule has 1 aliphatic rings. The molecule has 0 saturated heterocycles. The van der Waals surface area contributed by atoms with E-state index in [9.17, 15) is 5.11 Å². The maximum Gasteiger partial charge on any atom is 0.0524 e. The highest BCUT2D eigenvalue weighted by Gasteiger charge is 2.33. The first kappa shape index (κ1) is 14.9. The summed E-state index contributed by atoms with van der Waals surface area (Å²) >= 11 is 0. The van der Waals surface area contributed by atoms with Gasteiger partial charge in [-0.2, -0.15) is 0 Å². The highest BCUT2D eigenvalue weighted by molar-refractivity contribution is 4.88. The summed E-state index contributed by atoms with van der Waals surface area (Å²) in [6, 6.07) is 0.358. The van der Waals surface area contributed by atoms with E-state index in [0.29, 0.717) is 17.4 Å². The number of hydrogen-bond acceptors (Lipinski definition) is 3. The molecule has 0 aromatic carbocycles. The van der Waals surface area contributed by atoms with Crippen molar-refractivity contribution < 1.29 is 5.11 Å². The lowest BCUT2D eigenvalue weighted by Gasteiger charge is -2.40. The molecule has 0 bridgehead atoms. The molecule has 102 valence electrons. The van der Waals surface area contributed by atoms with Gasteiger partial charge in [-0.3, -0.25) is 0 Å². The molecule has 3 atom stereocenters. The van der Waals surface area contributed by atoms with Crippen molar-refractivity contribution in [1.82, 2.24) is 4.90 Å². The van der Waals surface area contributed by atoms with Gasteiger partial charge in [0.25, 0.3) is 0 Å². The predicted octanol–water partition coefficient (Wildman–Crippen LogP) is 1.84. The maximum atomic E-state index is 9.29. The lowest BCUT2D eigenvalue weighted by molar-refractivity contribution is 0.113. The fraction of sp³-hybridized carbons (Fsp3) is 1.00. The Labute approximate surface area is 106 Å². The average molecular weight is 242 g/mol. The summed E-state index contributed by atoms with van der Waals surface area (Å²) in [7, 11) is 2.14. The second-order valence-electron chi connectivity index (χ2n) is 6.73. The highest BCUT2D eigenvalue weighted by Crippen LogP contribution is 2.38. The number of aliphatic hydroxyl groups is 1. The summed E-state index contributed by atoms with van der Waals surface area (Å²) < 4.78 is 0. The third-order valence-electron chi connectivity index (χ3n) is 4.05. The molecule has 1 fully saturated rings. The number of hydrogen-bond donors (Lipinski definition) is 2. The Hall–Kier alpha value is -0.120. The summed E-state index contributed by atoms with van der Waals surface area (Å²) in [5, 5.41) is 9.29. The molecule has 1 saturated carbocycles. The van der Waals surface area contributed by atoms with Crippen LogP contribution in [0.15, 0.2) is 0 Å². The summed E-state index contributed by atoms with van der Waals surface area (Å²) in [4.78, 5) is 2.32. The molecule has 0 spiro atoms. The van der Waals surface area contributed by atoms with E-state index in [1.807, 2.05) is 6.92 Å². The number of nitrogens with two attached hydrogens (primary N) is 1. The van der Waals surface area contributed by atoms with E-state index in [4.69, 9.17) is 5.73 Å². The Balaban J connectivity index is 2.38. The minimum atomic E-state index is -0.200. The Morgan fingerprint density at radius 2 is 2.12 bits per heavy atom. The Morgan fingerprint density at radius 3 is 2.71 bits per heavy atom. The molecule has 3 unspecified atom stereocenters. The van der Waals surface area contributed by atoms with Crippen molar-refractivity contribution in [3.63, 3.8) is 0 Å². The van der Waals surface area contributed by atoms with Crippen molar-refractivity contribution in [1.29, 1.82) is 0 Å². The van der Waals surface area contributed by atoms with Crippen LogP contribution in [0.1, 0.15) is 46.5 Å². The van der Waals surface area contributed by atoms with Crippen LogP contribution in [0.25, 0.3) is 0 Å².